The van der Waals surface area contributed by atoms with Gasteiger partial charge in [0.15, 0.2) is 0 Å². The van der Waals surface area contributed by atoms with Gasteiger partial charge in [-0.2, -0.15) is 0 Å². The minimum absolute atomic E-state index is 0.156. The van der Waals surface area contributed by atoms with Crippen molar-refractivity contribution in [2.24, 2.45) is 11.7 Å². The van der Waals surface area contributed by atoms with Gasteiger partial charge < -0.3 is 16.4 Å². The summed E-state index contributed by atoms with van der Waals surface area (Å²) in [5, 5.41) is 5.47. The molecule has 3 amide bonds. The number of nitrogens with two attached hydrogens (primary N) is 1. The third kappa shape index (κ3) is 8.89. The maximum absolute atomic E-state index is 12.2. The monoisotopic (exact) mass is 339 g/mol. The Hall–Kier alpha value is -1.59. The molecule has 1 rings (SSSR count). The number of carbonyl (C=O) groups excluding carboxylic acids is 3. The Balaban J connectivity index is 2.29. The van der Waals surface area contributed by atoms with Gasteiger partial charge in [0.25, 0.3) is 0 Å². The van der Waals surface area contributed by atoms with Crippen molar-refractivity contribution in [3.05, 3.63) is 0 Å². The van der Waals surface area contributed by atoms with Crippen molar-refractivity contribution in [3.8, 4) is 0 Å². The molecule has 1 atom stereocenters. The summed E-state index contributed by atoms with van der Waals surface area (Å²) in [5.74, 6) is -0.380. The Morgan fingerprint density at radius 1 is 1.12 bits per heavy atom. The summed E-state index contributed by atoms with van der Waals surface area (Å²) in [6, 6.07) is -0.855. The van der Waals surface area contributed by atoms with Crippen LogP contribution in [0.15, 0.2) is 0 Å². The first kappa shape index (κ1) is 20.5. The molecular formula is C18H33N3O3. The van der Waals surface area contributed by atoms with Crippen LogP contribution in [0.3, 0.4) is 0 Å². The minimum atomic E-state index is -0.855. The standard InChI is InChI=1S/C18H33N3O3/c1-2-3-4-5-6-10-17(23)21-15(13-16(19)22)18(24)20-12-11-14-8-7-9-14/h14-15H,2-13H2,1H3,(H2,19,22)(H,20,24)(H,21,23)/t15-/m1/s1. The van der Waals surface area contributed by atoms with Crippen LogP contribution in [0, 0.1) is 5.92 Å². The van der Waals surface area contributed by atoms with Crippen molar-refractivity contribution >= 4 is 17.7 Å². The molecule has 0 saturated heterocycles. The average molecular weight is 339 g/mol. The molecule has 0 aromatic rings. The topological polar surface area (TPSA) is 101 Å². The van der Waals surface area contributed by atoms with E-state index >= 15 is 0 Å². The van der Waals surface area contributed by atoms with Crippen LogP contribution < -0.4 is 16.4 Å². The van der Waals surface area contributed by atoms with Crippen molar-refractivity contribution < 1.29 is 14.4 Å². The van der Waals surface area contributed by atoms with Gasteiger partial charge in [0, 0.05) is 13.0 Å². The Labute approximate surface area is 145 Å². The highest BCUT2D eigenvalue weighted by atomic mass is 16.2. The van der Waals surface area contributed by atoms with Gasteiger partial charge in [0.05, 0.1) is 6.42 Å². The SMILES string of the molecule is CCCCCCCC(=O)N[C@H](CC(N)=O)C(=O)NCCC1CCC1. The third-order valence-electron chi connectivity index (χ3n) is 4.64. The zero-order valence-electron chi connectivity index (χ0n) is 14.9. The number of hydrogen-bond donors (Lipinski definition) is 3. The van der Waals surface area contributed by atoms with E-state index in [4.69, 9.17) is 5.73 Å². The van der Waals surface area contributed by atoms with Gasteiger partial charge in [-0.3, -0.25) is 14.4 Å². The first-order valence-corrected chi connectivity index (χ1v) is 9.38. The fourth-order valence-corrected chi connectivity index (χ4v) is 2.87. The van der Waals surface area contributed by atoms with E-state index in [1.54, 1.807) is 0 Å². The molecule has 138 valence electrons. The second-order valence-corrected chi connectivity index (χ2v) is 6.83. The predicted molar refractivity (Wildman–Crippen MR) is 94.1 cm³/mol. The second-order valence-electron chi connectivity index (χ2n) is 6.83. The first-order valence-electron chi connectivity index (χ1n) is 9.38. The molecule has 0 bridgehead atoms. The van der Waals surface area contributed by atoms with Gasteiger partial charge in [-0.05, 0) is 18.8 Å². The lowest BCUT2D eigenvalue weighted by Gasteiger charge is -2.25. The second kappa shape index (κ2) is 11.9. The van der Waals surface area contributed by atoms with E-state index in [1.165, 1.54) is 25.7 Å². The van der Waals surface area contributed by atoms with Crippen molar-refractivity contribution in [2.45, 2.75) is 83.6 Å². The highest BCUT2D eigenvalue weighted by Crippen LogP contribution is 2.28. The molecule has 0 radical (unpaired) electrons. The quantitative estimate of drug-likeness (QED) is 0.447. The number of carbonyl (C=O) groups is 3. The van der Waals surface area contributed by atoms with Crippen LogP contribution in [-0.4, -0.2) is 30.3 Å². The van der Waals surface area contributed by atoms with E-state index in [0.29, 0.717) is 18.9 Å². The largest absolute Gasteiger partial charge is 0.370 e. The van der Waals surface area contributed by atoms with Crippen molar-refractivity contribution in [1.29, 1.82) is 0 Å². The van der Waals surface area contributed by atoms with Gasteiger partial charge >= 0.3 is 0 Å². The number of rotatable bonds is 13. The summed E-state index contributed by atoms with van der Waals surface area (Å²) in [5.41, 5.74) is 5.20. The zero-order chi connectivity index (χ0) is 17.8. The smallest absolute Gasteiger partial charge is 0.243 e. The van der Waals surface area contributed by atoms with Crippen molar-refractivity contribution in [3.63, 3.8) is 0 Å². The van der Waals surface area contributed by atoms with Gasteiger partial charge in [-0.15, -0.1) is 0 Å². The number of unbranched alkanes of at least 4 members (excludes halogenated alkanes) is 4. The Kier molecular flexibility index (Phi) is 10.1. The summed E-state index contributed by atoms with van der Waals surface area (Å²) in [4.78, 5) is 35.3. The van der Waals surface area contributed by atoms with E-state index in [1.807, 2.05) is 0 Å². The molecule has 0 aromatic carbocycles. The maximum Gasteiger partial charge on any atom is 0.243 e. The lowest BCUT2D eigenvalue weighted by molar-refractivity contribution is -0.131. The molecule has 4 N–H and O–H groups in total. The molecule has 0 spiro atoms. The number of amides is 3. The molecule has 24 heavy (non-hydrogen) atoms. The molecule has 0 aromatic heterocycles. The highest BCUT2D eigenvalue weighted by molar-refractivity contribution is 5.91. The summed E-state index contributed by atoms with van der Waals surface area (Å²) < 4.78 is 0. The maximum atomic E-state index is 12.2. The van der Waals surface area contributed by atoms with Crippen molar-refractivity contribution in [1.82, 2.24) is 10.6 Å². The van der Waals surface area contributed by atoms with E-state index in [2.05, 4.69) is 17.6 Å². The highest BCUT2D eigenvalue weighted by Gasteiger charge is 2.23. The summed E-state index contributed by atoms with van der Waals surface area (Å²) in [6.45, 7) is 2.73. The van der Waals surface area contributed by atoms with Crippen LogP contribution in [0.2, 0.25) is 0 Å². The molecular weight excluding hydrogens is 306 g/mol. The number of hydrogen-bond acceptors (Lipinski definition) is 3. The molecule has 6 heteroatoms. The molecule has 1 aliphatic carbocycles. The fourth-order valence-electron chi connectivity index (χ4n) is 2.87. The summed E-state index contributed by atoms with van der Waals surface area (Å²) >= 11 is 0. The van der Waals surface area contributed by atoms with E-state index < -0.39 is 11.9 Å². The van der Waals surface area contributed by atoms with Crippen LogP contribution in [0.25, 0.3) is 0 Å². The fraction of sp³-hybridized carbons (Fsp3) is 0.833. The molecule has 6 nitrogen and oxygen atoms in total. The lowest BCUT2D eigenvalue weighted by atomic mass is 9.83. The van der Waals surface area contributed by atoms with Crippen LogP contribution in [0.4, 0.5) is 0 Å². The van der Waals surface area contributed by atoms with Gasteiger partial charge in [0.2, 0.25) is 17.7 Å². The number of primary amides is 1. The van der Waals surface area contributed by atoms with Gasteiger partial charge in [-0.25, -0.2) is 0 Å². The first-order chi connectivity index (χ1) is 11.5. The summed E-state index contributed by atoms with van der Waals surface area (Å²) in [6.07, 6.45) is 10.2. The Bertz CT molecular complexity index is 408. The number of nitrogens with one attached hydrogen (secondary N) is 2. The van der Waals surface area contributed by atoms with Gasteiger partial charge in [-0.1, -0.05) is 51.9 Å². The molecule has 0 unspecified atom stereocenters. The zero-order valence-corrected chi connectivity index (χ0v) is 14.9. The lowest BCUT2D eigenvalue weighted by Crippen LogP contribution is -2.49. The molecule has 1 fully saturated rings. The van der Waals surface area contributed by atoms with Crippen LogP contribution in [0.5, 0.6) is 0 Å². The predicted octanol–water partition coefficient (Wildman–Crippen LogP) is 2.01. The summed E-state index contributed by atoms with van der Waals surface area (Å²) in [7, 11) is 0. The van der Waals surface area contributed by atoms with E-state index in [9.17, 15) is 14.4 Å². The van der Waals surface area contributed by atoms with Crippen LogP contribution in [-0.2, 0) is 14.4 Å². The van der Waals surface area contributed by atoms with Crippen LogP contribution in [0.1, 0.15) is 77.6 Å². The average Bonchev–Trinajstić information content (AvgIpc) is 2.48. The Morgan fingerprint density at radius 2 is 1.83 bits per heavy atom. The van der Waals surface area contributed by atoms with E-state index in [0.717, 1.165) is 32.1 Å². The molecule has 1 aliphatic rings. The van der Waals surface area contributed by atoms with Gasteiger partial charge in [0.1, 0.15) is 6.04 Å². The minimum Gasteiger partial charge on any atom is -0.370 e. The normalized spacial score (nSPS) is 15.4. The molecule has 0 aliphatic heterocycles. The molecule has 1 saturated carbocycles. The van der Waals surface area contributed by atoms with Crippen molar-refractivity contribution in [2.75, 3.05) is 6.54 Å². The van der Waals surface area contributed by atoms with Crippen LogP contribution >= 0.6 is 0 Å². The van der Waals surface area contributed by atoms with E-state index in [-0.39, 0.29) is 18.2 Å². The molecule has 0 heterocycles. The third-order valence-corrected chi connectivity index (χ3v) is 4.64. The Morgan fingerprint density at radius 3 is 2.42 bits per heavy atom.